The molecule has 0 heterocycles. The quantitative estimate of drug-likeness (QED) is 0.569. The minimum atomic E-state index is 0. The molecule has 0 aliphatic heterocycles. The Labute approximate surface area is 76.7 Å². The van der Waals surface area contributed by atoms with Gasteiger partial charge in [-0.2, -0.15) is 0 Å². The summed E-state index contributed by atoms with van der Waals surface area (Å²) < 4.78 is 0.0712. The van der Waals surface area contributed by atoms with Gasteiger partial charge < -0.3 is 5.11 Å². The molecule has 0 aliphatic rings. The molecule has 0 spiro atoms. The van der Waals surface area contributed by atoms with E-state index in [1.165, 1.54) is 0 Å². The molecule has 2 atom stereocenters. The molecule has 0 amide bonds. The summed E-state index contributed by atoms with van der Waals surface area (Å²) >= 11 is 3.44. The number of rotatable bonds is 2. The molecule has 3 heteroatoms. The zero-order valence-corrected chi connectivity index (χ0v) is 10.9. The molecule has 0 saturated carbocycles. The van der Waals surface area contributed by atoms with E-state index >= 15 is 0 Å². The first kappa shape index (κ1) is 12.7. The van der Waals surface area contributed by atoms with E-state index in [1.807, 2.05) is 20.8 Å². The zero-order valence-electron chi connectivity index (χ0n) is 6.32. The summed E-state index contributed by atoms with van der Waals surface area (Å²) in [4.78, 5) is 0. The van der Waals surface area contributed by atoms with Crippen molar-refractivity contribution in [3.8, 4) is 0 Å². The summed E-state index contributed by atoms with van der Waals surface area (Å²) in [5, 5.41) is 8.64. The molecule has 0 saturated heterocycles. The predicted molar refractivity (Wildman–Crippen MR) is 49.2 cm³/mol. The van der Waals surface area contributed by atoms with Crippen LogP contribution in [0.1, 0.15) is 20.8 Å². The number of halogens is 1. The second kappa shape index (κ2) is 4.76. The number of hydrogen-bond acceptors (Lipinski definition) is 1. The van der Waals surface area contributed by atoms with Gasteiger partial charge in [0.05, 0.1) is 0 Å². The molecule has 1 N–H and O–H groups in total. The molecule has 0 aromatic heterocycles. The second-order valence-electron chi connectivity index (χ2n) is 2.65. The Kier molecular flexibility index (Phi) is 6.69. The standard InChI is InChI=1S/C6H13BrO.AsH3/c1-5(4-8)6(2,3)7;/h5,8H,4H2,1-3H3;1H3. The maximum absolute atomic E-state index is 8.64. The van der Waals surface area contributed by atoms with Gasteiger partial charge in [0.15, 0.2) is 0 Å². The van der Waals surface area contributed by atoms with Crippen molar-refractivity contribution in [2.24, 2.45) is 5.92 Å². The van der Waals surface area contributed by atoms with Crippen LogP contribution in [0.25, 0.3) is 0 Å². The van der Waals surface area contributed by atoms with Crippen molar-refractivity contribution >= 4 is 33.9 Å². The first-order valence-corrected chi connectivity index (χ1v) is 3.57. The van der Waals surface area contributed by atoms with Gasteiger partial charge in [0.25, 0.3) is 0 Å². The Hall–Kier alpha value is 0.998. The van der Waals surface area contributed by atoms with Gasteiger partial charge in [0.2, 0.25) is 0 Å². The third kappa shape index (κ3) is 5.44. The van der Waals surface area contributed by atoms with Crippen molar-refractivity contribution in [3.05, 3.63) is 0 Å². The fourth-order valence-corrected chi connectivity index (χ4v) is 0.362. The molecule has 9 heavy (non-hydrogen) atoms. The van der Waals surface area contributed by atoms with Crippen molar-refractivity contribution in [3.63, 3.8) is 0 Å². The van der Waals surface area contributed by atoms with E-state index in [0.717, 1.165) is 0 Å². The van der Waals surface area contributed by atoms with Crippen LogP contribution in [-0.2, 0) is 0 Å². The van der Waals surface area contributed by atoms with Crippen molar-refractivity contribution < 1.29 is 5.11 Å². The first-order valence-electron chi connectivity index (χ1n) is 2.78. The van der Waals surface area contributed by atoms with Crippen LogP contribution >= 0.6 is 15.9 Å². The van der Waals surface area contributed by atoms with Gasteiger partial charge in [0, 0.05) is 10.9 Å². The Bertz CT molecular complexity index is 69.9. The van der Waals surface area contributed by atoms with Gasteiger partial charge in [-0.05, 0) is 19.8 Å². The van der Waals surface area contributed by atoms with Crippen LogP contribution < -0.4 is 0 Å². The van der Waals surface area contributed by atoms with Crippen LogP contribution in [-0.4, -0.2) is 34.0 Å². The monoisotopic (exact) mass is 258 g/mol. The Morgan fingerprint density at radius 2 is 1.89 bits per heavy atom. The molecule has 0 bridgehead atoms. The van der Waals surface area contributed by atoms with Crippen molar-refractivity contribution in [2.45, 2.75) is 25.1 Å². The van der Waals surface area contributed by atoms with Crippen molar-refractivity contribution in [2.75, 3.05) is 6.61 Å². The van der Waals surface area contributed by atoms with Gasteiger partial charge in [-0.3, -0.25) is 0 Å². The molecule has 0 fully saturated rings. The third-order valence-corrected chi connectivity index (χ3v) is 2.23. The number of aliphatic hydroxyl groups is 1. The number of aliphatic hydroxyl groups excluding tert-OH is 1. The van der Waals surface area contributed by atoms with E-state index in [4.69, 9.17) is 5.11 Å². The summed E-state index contributed by atoms with van der Waals surface area (Å²) in [5.41, 5.74) is 0. The van der Waals surface area contributed by atoms with Crippen LogP contribution in [0, 0.1) is 5.92 Å². The Morgan fingerprint density at radius 1 is 1.56 bits per heavy atom. The normalized spacial score (nSPS) is 14.3. The van der Waals surface area contributed by atoms with E-state index in [2.05, 4.69) is 15.9 Å². The van der Waals surface area contributed by atoms with Crippen LogP contribution in [0.4, 0.5) is 0 Å². The van der Waals surface area contributed by atoms with Gasteiger partial charge in [-0.25, -0.2) is 0 Å². The zero-order chi connectivity index (χ0) is 6.78. The van der Waals surface area contributed by atoms with Gasteiger partial charge in [-0.1, -0.05) is 22.9 Å². The topological polar surface area (TPSA) is 20.2 Å². The fourth-order valence-electron chi connectivity index (χ4n) is 0.217. The third-order valence-electron chi connectivity index (χ3n) is 1.45. The van der Waals surface area contributed by atoms with E-state index in [0.29, 0.717) is 5.92 Å². The Balaban J connectivity index is 0. The van der Waals surface area contributed by atoms with Crippen LogP contribution in [0.15, 0.2) is 0 Å². The molecule has 0 aromatic rings. The van der Waals surface area contributed by atoms with E-state index in [-0.39, 0.29) is 28.9 Å². The summed E-state index contributed by atoms with van der Waals surface area (Å²) in [7, 11) is 0. The minimum absolute atomic E-state index is 0. The van der Waals surface area contributed by atoms with E-state index in [1.54, 1.807) is 0 Å². The van der Waals surface area contributed by atoms with Crippen LogP contribution in [0.5, 0.6) is 0 Å². The molecular weight excluding hydrogens is 243 g/mol. The summed E-state index contributed by atoms with van der Waals surface area (Å²) in [6.45, 7) is 6.36. The molecule has 2 unspecified atom stereocenters. The molecule has 0 aliphatic carbocycles. The van der Waals surface area contributed by atoms with Crippen molar-refractivity contribution in [1.29, 1.82) is 0 Å². The molecule has 0 radical (unpaired) electrons. The van der Waals surface area contributed by atoms with Gasteiger partial charge in [-0.15, -0.1) is 0 Å². The van der Waals surface area contributed by atoms with Gasteiger partial charge >= 0.3 is 18.0 Å². The summed E-state index contributed by atoms with van der Waals surface area (Å²) in [6.07, 6.45) is 0. The van der Waals surface area contributed by atoms with E-state index < -0.39 is 0 Å². The molecule has 0 aromatic carbocycles. The second-order valence-corrected chi connectivity index (χ2v) is 4.69. The van der Waals surface area contributed by atoms with Gasteiger partial charge in [0.1, 0.15) is 0 Å². The van der Waals surface area contributed by atoms with Crippen LogP contribution in [0.2, 0.25) is 0 Å². The van der Waals surface area contributed by atoms with Crippen LogP contribution in [0.3, 0.4) is 0 Å². The summed E-state index contributed by atoms with van der Waals surface area (Å²) in [6, 6.07) is 0. The first-order chi connectivity index (χ1) is 3.48. The fraction of sp³-hybridized carbons (Fsp3) is 1.00. The van der Waals surface area contributed by atoms with E-state index in [9.17, 15) is 0 Å². The maximum atomic E-state index is 8.64. The molecule has 0 rings (SSSR count). The van der Waals surface area contributed by atoms with Crippen molar-refractivity contribution in [1.82, 2.24) is 0 Å². The predicted octanol–water partition coefficient (Wildman–Crippen LogP) is 0.604. The summed E-state index contributed by atoms with van der Waals surface area (Å²) in [5.74, 6) is 0.322. The SMILES string of the molecule is CC(CO)C(C)(C)Br.[AsH3]. The average Bonchev–Trinajstić information content (AvgIpc) is 1.62. The average molecular weight is 259 g/mol. The number of alkyl halides is 1. The number of hydrogen-bond donors (Lipinski definition) is 1. The molecular formula is C6H16AsBrO. The molecule has 1 nitrogen and oxygen atoms in total. The Morgan fingerprint density at radius 3 is 1.89 bits per heavy atom. The molecule has 58 valence electrons.